The van der Waals surface area contributed by atoms with E-state index < -0.39 is 5.97 Å². The number of carbonyl (C=O) groups is 2. The number of hydrogen-bond donors (Lipinski definition) is 1. The second-order valence-corrected chi connectivity index (χ2v) is 7.90. The van der Waals surface area contributed by atoms with E-state index in [1.807, 2.05) is 48.5 Å². The number of amides is 1. The van der Waals surface area contributed by atoms with Crippen LogP contribution in [0.15, 0.2) is 48.5 Å². The number of nitrogens with zero attached hydrogens (tertiary/aromatic N) is 1. The van der Waals surface area contributed by atoms with Gasteiger partial charge in [-0.05, 0) is 35.1 Å². The van der Waals surface area contributed by atoms with Crippen LogP contribution in [0.5, 0.6) is 0 Å². The van der Waals surface area contributed by atoms with Gasteiger partial charge in [-0.1, -0.05) is 67.9 Å². The first kappa shape index (κ1) is 19.4. The molecule has 1 aliphatic rings. The van der Waals surface area contributed by atoms with Gasteiger partial charge in [0.25, 0.3) is 0 Å². The summed E-state index contributed by atoms with van der Waals surface area (Å²) in [7, 11) is 0. The van der Waals surface area contributed by atoms with Gasteiger partial charge < -0.3 is 10.0 Å². The van der Waals surface area contributed by atoms with Crippen LogP contribution in [-0.2, 0) is 9.59 Å². The number of carbonyl (C=O) groups excluding carboxylic acids is 1. The fraction of sp³-hybridized carbons (Fsp3) is 0.364. The lowest BCUT2D eigenvalue weighted by molar-refractivity contribution is -0.145. The van der Waals surface area contributed by atoms with E-state index >= 15 is 0 Å². The quantitative estimate of drug-likeness (QED) is 0.822. The number of carboxylic acid groups (broad SMARTS) is 1. The van der Waals surface area contributed by atoms with Crippen LogP contribution in [0.4, 0.5) is 0 Å². The van der Waals surface area contributed by atoms with Crippen molar-refractivity contribution in [2.24, 2.45) is 5.92 Å². The predicted octanol–water partition coefficient (Wildman–Crippen LogP) is 4.53. The Labute approximate surface area is 164 Å². The van der Waals surface area contributed by atoms with Gasteiger partial charge in [-0.15, -0.1) is 0 Å². The number of fused-ring (bicyclic) bond motifs is 1. The molecule has 1 aliphatic heterocycles. The van der Waals surface area contributed by atoms with E-state index in [1.165, 1.54) is 4.90 Å². The van der Waals surface area contributed by atoms with E-state index in [2.05, 4.69) is 13.8 Å². The summed E-state index contributed by atoms with van der Waals surface area (Å²) in [6.45, 7) is 4.16. The highest BCUT2D eigenvalue weighted by atomic mass is 35.5. The van der Waals surface area contributed by atoms with E-state index in [1.54, 1.807) is 0 Å². The van der Waals surface area contributed by atoms with E-state index in [0.29, 0.717) is 23.9 Å². The number of hydrogen-bond acceptors (Lipinski definition) is 2. The van der Waals surface area contributed by atoms with Crippen molar-refractivity contribution in [2.45, 2.75) is 32.1 Å². The number of carboxylic acids is 1. The number of rotatable bonds is 5. The standard InChI is InChI=1S/C22H24ClNO3/c1-14(2)11-18-15-7-3-4-8-16(15)19(17-9-5-6-10-20(17)23)12-24(22(18)27)13-21(25)26/h3-10,14,18-19H,11-13H2,1-2H3,(H,25,26)/t18-,19+/m1/s1. The van der Waals surface area contributed by atoms with Gasteiger partial charge in [-0.25, -0.2) is 0 Å². The van der Waals surface area contributed by atoms with Crippen LogP contribution < -0.4 is 0 Å². The molecule has 0 radical (unpaired) electrons. The average molecular weight is 386 g/mol. The van der Waals surface area contributed by atoms with Gasteiger partial charge in [0.05, 0.1) is 5.92 Å². The molecular formula is C22H24ClNO3. The third kappa shape index (κ3) is 4.16. The SMILES string of the molecule is CC(C)C[C@H]1C(=O)N(CC(=O)O)C[C@H](c2ccccc2Cl)c2ccccc21. The molecule has 2 atom stereocenters. The monoisotopic (exact) mass is 385 g/mol. The highest BCUT2D eigenvalue weighted by Gasteiger charge is 2.36. The minimum Gasteiger partial charge on any atom is -0.480 e. The molecule has 27 heavy (non-hydrogen) atoms. The molecule has 0 spiro atoms. The molecule has 0 fully saturated rings. The third-order valence-corrected chi connectivity index (χ3v) is 5.42. The van der Waals surface area contributed by atoms with Crippen LogP contribution in [0.1, 0.15) is 48.8 Å². The smallest absolute Gasteiger partial charge is 0.323 e. The average Bonchev–Trinajstić information content (AvgIpc) is 2.72. The van der Waals surface area contributed by atoms with Crippen molar-refractivity contribution in [1.29, 1.82) is 0 Å². The topological polar surface area (TPSA) is 57.6 Å². The molecule has 5 heteroatoms. The molecule has 1 heterocycles. The van der Waals surface area contributed by atoms with Crippen molar-refractivity contribution in [2.75, 3.05) is 13.1 Å². The van der Waals surface area contributed by atoms with Gasteiger partial charge in [-0.3, -0.25) is 9.59 Å². The first-order valence-electron chi connectivity index (χ1n) is 9.22. The summed E-state index contributed by atoms with van der Waals surface area (Å²) >= 11 is 6.47. The van der Waals surface area contributed by atoms with Gasteiger partial charge in [0.15, 0.2) is 0 Å². The Kier molecular flexibility index (Phi) is 5.85. The molecule has 0 aliphatic carbocycles. The second-order valence-electron chi connectivity index (χ2n) is 7.50. The molecule has 1 N–H and O–H groups in total. The van der Waals surface area contributed by atoms with Crippen LogP contribution in [0, 0.1) is 5.92 Å². The summed E-state index contributed by atoms with van der Waals surface area (Å²) < 4.78 is 0. The first-order chi connectivity index (χ1) is 12.9. The number of benzene rings is 2. The molecule has 4 nitrogen and oxygen atoms in total. The van der Waals surface area contributed by atoms with Crippen LogP contribution in [0.2, 0.25) is 5.02 Å². The molecule has 0 unspecified atom stereocenters. The zero-order chi connectivity index (χ0) is 19.6. The lowest BCUT2D eigenvalue weighted by Crippen LogP contribution is -2.39. The Morgan fingerprint density at radius 2 is 1.70 bits per heavy atom. The van der Waals surface area contributed by atoms with Crippen LogP contribution >= 0.6 is 11.6 Å². The Morgan fingerprint density at radius 3 is 2.30 bits per heavy atom. The fourth-order valence-corrected chi connectivity index (χ4v) is 4.20. The van der Waals surface area contributed by atoms with Crippen molar-refractivity contribution < 1.29 is 14.7 Å². The molecule has 0 aromatic heterocycles. The molecule has 0 saturated carbocycles. The highest BCUT2D eigenvalue weighted by molar-refractivity contribution is 6.31. The number of aliphatic carboxylic acids is 1. The molecular weight excluding hydrogens is 362 g/mol. The maximum atomic E-state index is 13.3. The van der Waals surface area contributed by atoms with Crippen molar-refractivity contribution >= 4 is 23.5 Å². The molecule has 0 bridgehead atoms. The summed E-state index contributed by atoms with van der Waals surface area (Å²) in [5, 5.41) is 9.98. The van der Waals surface area contributed by atoms with Crippen molar-refractivity contribution in [3.8, 4) is 0 Å². The minimum atomic E-state index is -1.00. The van der Waals surface area contributed by atoms with Gasteiger partial charge in [0, 0.05) is 17.5 Å². The normalized spacial score (nSPS) is 19.7. The Hall–Kier alpha value is -2.33. The number of halogens is 1. The van der Waals surface area contributed by atoms with Crippen LogP contribution in [-0.4, -0.2) is 35.0 Å². The third-order valence-electron chi connectivity index (χ3n) is 5.07. The molecule has 142 valence electrons. The van der Waals surface area contributed by atoms with Crippen molar-refractivity contribution in [1.82, 2.24) is 4.90 Å². The Morgan fingerprint density at radius 1 is 1.11 bits per heavy atom. The minimum absolute atomic E-state index is 0.117. The Balaban J connectivity index is 2.16. The fourth-order valence-electron chi connectivity index (χ4n) is 3.94. The first-order valence-corrected chi connectivity index (χ1v) is 9.60. The van der Waals surface area contributed by atoms with E-state index in [4.69, 9.17) is 11.6 Å². The molecule has 1 amide bonds. The summed E-state index contributed by atoms with van der Waals surface area (Å²) in [4.78, 5) is 26.2. The van der Waals surface area contributed by atoms with Crippen molar-refractivity contribution in [3.63, 3.8) is 0 Å². The molecule has 2 aromatic rings. The second kappa shape index (κ2) is 8.13. The molecule has 2 aromatic carbocycles. The zero-order valence-corrected chi connectivity index (χ0v) is 16.3. The maximum absolute atomic E-state index is 13.3. The summed E-state index contributed by atoms with van der Waals surface area (Å²) in [5.41, 5.74) is 2.95. The Bertz CT molecular complexity index is 849. The van der Waals surface area contributed by atoms with E-state index in [-0.39, 0.29) is 24.3 Å². The molecule has 3 rings (SSSR count). The highest BCUT2D eigenvalue weighted by Crippen LogP contribution is 2.40. The summed E-state index contributed by atoms with van der Waals surface area (Å²) in [5.74, 6) is -1.30. The van der Waals surface area contributed by atoms with Gasteiger partial charge in [0.2, 0.25) is 5.91 Å². The maximum Gasteiger partial charge on any atom is 0.323 e. The van der Waals surface area contributed by atoms with Gasteiger partial charge >= 0.3 is 5.97 Å². The van der Waals surface area contributed by atoms with Crippen LogP contribution in [0.3, 0.4) is 0 Å². The van der Waals surface area contributed by atoms with E-state index in [9.17, 15) is 14.7 Å². The lowest BCUT2D eigenvalue weighted by atomic mass is 9.82. The van der Waals surface area contributed by atoms with E-state index in [0.717, 1.165) is 16.7 Å². The lowest BCUT2D eigenvalue weighted by Gasteiger charge is -2.26. The van der Waals surface area contributed by atoms with Crippen molar-refractivity contribution in [3.05, 3.63) is 70.2 Å². The zero-order valence-electron chi connectivity index (χ0n) is 15.6. The molecule has 0 saturated heterocycles. The predicted molar refractivity (Wildman–Crippen MR) is 106 cm³/mol. The van der Waals surface area contributed by atoms with Gasteiger partial charge in [-0.2, -0.15) is 0 Å². The largest absolute Gasteiger partial charge is 0.480 e. The van der Waals surface area contributed by atoms with Gasteiger partial charge in [0.1, 0.15) is 6.54 Å². The summed E-state index contributed by atoms with van der Waals surface area (Å²) in [6.07, 6.45) is 0.682. The summed E-state index contributed by atoms with van der Waals surface area (Å²) in [6, 6.07) is 15.5. The van der Waals surface area contributed by atoms with Crippen LogP contribution in [0.25, 0.3) is 0 Å².